The molecule has 2 aliphatic heterocycles. The number of anilines is 3. The highest BCUT2D eigenvalue weighted by Gasteiger charge is 2.19. The van der Waals surface area contributed by atoms with E-state index in [1.54, 1.807) is 12.4 Å². The van der Waals surface area contributed by atoms with Crippen molar-refractivity contribution < 1.29 is 9.53 Å². The molecular formula is C23H25N5O2S. The van der Waals surface area contributed by atoms with E-state index in [-0.39, 0.29) is 5.91 Å². The van der Waals surface area contributed by atoms with Gasteiger partial charge in [-0.1, -0.05) is 6.07 Å². The summed E-state index contributed by atoms with van der Waals surface area (Å²) < 4.78 is 5.83. The van der Waals surface area contributed by atoms with E-state index in [1.807, 2.05) is 18.2 Å². The Morgan fingerprint density at radius 1 is 1.13 bits per heavy atom. The molecule has 0 aliphatic carbocycles. The van der Waals surface area contributed by atoms with Gasteiger partial charge in [0.05, 0.1) is 34.7 Å². The number of ether oxygens (including phenoxy) is 1. The van der Waals surface area contributed by atoms with Crippen molar-refractivity contribution >= 4 is 34.3 Å². The number of benzene rings is 1. The van der Waals surface area contributed by atoms with Crippen LogP contribution in [0.2, 0.25) is 0 Å². The molecule has 1 aromatic carbocycles. The fraction of sp³-hybridized carbons (Fsp3) is 0.304. The second kappa shape index (κ2) is 8.56. The third-order valence-electron chi connectivity index (χ3n) is 5.67. The molecule has 4 heterocycles. The van der Waals surface area contributed by atoms with Crippen molar-refractivity contribution in [2.75, 3.05) is 61.5 Å². The van der Waals surface area contributed by atoms with Crippen LogP contribution in [-0.2, 0) is 0 Å². The van der Waals surface area contributed by atoms with Crippen molar-refractivity contribution in [3.8, 4) is 16.2 Å². The normalized spacial score (nSPS) is 15.9. The van der Waals surface area contributed by atoms with Crippen LogP contribution in [-0.4, -0.2) is 57.3 Å². The minimum Gasteiger partial charge on any atom is -0.490 e. The van der Waals surface area contributed by atoms with E-state index in [0.717, 1.165) is 66.0 Å². The molecule has 2 aliphatic rings. The zero-order valence-corrected chi connectivity index (χ0v) is 18.2. The van der Waals surface area contributed by atoms with Crippen molar-refractivity contribution in [2.45, 2.75) is 0 Å². The lowest BCUT2D eigenvalue weighted by molar-refractivity contribution is 0.103. The maximum atomic E-state index is 13.0. The van der Waals surface area contributed by atoms with Crippen LogP contribution < -0.4 is 25.2 Å². The number of carbonyl (C=O) groups is 1. The lowest BCUT2D eigenvalue weighted by Crippen LogP contribution is -2.43. The SMILES string of the molecule is CN1CCOc2cc(-c3ccc(C(=O)Nc4cnccc4N4CCNCC4)s3)ccc21. The molecule has 2 N–H and O–H groups in total. The molecule has 1 fully saturated rings. The van der Waals surface area contributed by atoms with Gasteiger partial charge in [-0.3, -0.25) is 9.78 Å². The summed E-state index contributed by atoms with van der Waals surface area (Å²) in [7, 11) is 2.07. The average Bonchev–Trinajstić information content (AvgIpc) is 3.31. The number of rotatable bonds is 4. The first-order chi connectivity index (χ1) is 15.2. The molecule has 0 bridgehead atoms. The van der Waals surface area contributed by atoms with Gasteiger partial charge in [0, 0.05) is 44.3 Å². The van der Waals surface area contributed by atoms with E-state index in [0.29, 0.717) is 11.5 Å². The van der Waals surface area contributed by atoms with E-state index in [9.17, 15) is 4.79 Å². The standard InChI is InChI=1S/C23H25N5O2S/c1-27-12-13-30-20-14-16(2-3-19(20)27)21-4-5-22(31-21)23(29)26-17-15-25-7-6-18(17)28-10-8-24-9-11-28/h2-7,14-15,24H,8-13H2,1H3,(H,26,29). The third kappa shape index (κ3) is 4.08. The smallest absolute Gasteiger partial charge is 0.265 e. The highest BCUT2D eigenvalue weighted by molar-refractivity contribution is 7.17. The predicted molar refractivity (Wildman–Crippen MR) is 126 cm³/mol. The van der Waals surface area contributed by atoms with Gasteiger partial charge < -0.3 is 25.2 Å². The number of pyridine rings is 1. The molecule has 3 aromatic rings. The van der Waals surface area contributed by atoms with Crippen molar-refractivity contribution in [1.82, 2.24) is 10.3 Å². The number of piperazine rings is 1. The zero-order valence-electron chi connectivity index (χ0n) is 17.4. The summed E-state index contributed by atoms with van der Waals surface area (Å²) in [6.45, 7) is 5.26. The van der Waals surface area contributed by atoms with Crippen LogP contribution in [0.5, 0.6) is 5.75 Å². The van der Waals surface area contributed by atoms with Crippen molar-refractivity contribution in [3.05, 3.63) is 53.7 Å². The number of fused-ring (bicyclic) bond motifs is 1. The second-order valence-electron chi connectivity index (χ2n) is 7.70. The molecule has 1 amide bonds. The van der Waals surface area contributed by atoms with E-state index < -0.39 is 0 Å². The molecule has 31 heavy (non-hydrogen) atoms. The van der Waals surface area contributed by atoms with Crippen molar-refractivity contribution in [1.29, 1.82) is 0 Å². The first-order valence-electron chi connectivity index (χ1n) is 10.5. The van der Waals surface area contributed by atoms with Gasteiger partial charge in [0.1, 0.15) is 12.4 Å². The van der Waals surface area contributed by atoms with E-state index in [4.69, 9.17) is 4.74 Å². The van der Waals surface area contributed by atoms with Crippen LogP contribution in [0.1, 0.15) is 9.67 Å². The van der Waals surface area contributed by atoms with Gasteiger partial charge in [-0.15, -0.1) is 11.3 Å². The maximum Gasteiger partial charge on any atom is 0.265 e. The molecule has 8 heteroatoms. The molecule has 0 saturated carbocycles. The monoisotopic (exact) mass is 435 g/mol. The molecule has 2 aromatic heterocycles. The van der Waals surface area contributed by atoms with Crippen LogP contribution in [0.3, 0.4) is 0 Å². The molecule has 1 saturated heterocycles. The molecular weight excluding hydrogens is 410 g/mol. The number of thiophene rings is 1. The number of nitrogens with one attached hydrogen (secondary N) is 2. The second-order valence-corrected chi connectivity index (χ2v) is 8.78. The highest BCUT2D eigenvalue weighted by atomic mass is 32.1. The highest BCUT2D eigenvalue weighted by Crippen LogP contribution is 2.37. The summed E-state index contributed by atoms with van der Waals surface area (Å²) in [5.41, 5.74) is 3.91. The largest absolute Gasteiger partial charge is 0.490 e. The van der Waals surface area contributed by atoms with Crippen LogP contribution in [0.25, 0.3) is 10.4 Å². The molecule has 0 atom stereocenters. The van der Waals surface area contributed by atoms with Gasteiger partial charge in [-0.25, -0.2) is 0 Å². The van der Waals surface area contributed by atoms with Gasteiger partial charge in [0.15, 0.2) is 0 Å². The molecule has 0 radical (unpaired) electrons. The van der Waals surface area contributed by atoms with Gasteiger partial charge in [0.25, 0.3) is 5.91 Å². The fourth-order valence-electron chi connectivity index (χ4n) is 3.98. The number of hydrogen-bond donors (Lipinski definition) is 2. The Bertz CT molecular complexity index is 1090. The third-order valence-corrected chi connectivity index (χ3v) is 6.81. The van der Waals surface area contributed by atoms with E-state index in [1.165, 1.54) is 11.3 Å². The summed E-state index contributed by atoms with van der Waals surface area (Å²) in [5.74, 6) is 0.774. The van der Waals surface area contributed by atoms with Gasteiger partial charge in [0.2, 0.25) is 0 Å². The summed E-state index contributed by atoms with van der Waals surface area (Å²) in [4.78, 5) is 23.4. The van der Waals surface area contributed by atoms with E-state index in [2.05, 4.69) is 50.7 Å². The minimum absolute atomic E-state index is 0.116. The Hall–Kier alpha value is -3.10. The number of amides is 1. The quantitative estimate of drug-likeness (QED) is 0.655. The molecule has 7 nitrogen and oxygen atoms in total. The molecule has 5 rings (SSSR count). The fourth-order valence-corrected chi connectivity index (χ4v) is 4.87. The van der Waals surface area contributed by atoms with Gasteiger partial charge in [-0.2, -0.15) is 0 Å². The number of carbonyl (C=O) groups excluding carboxylic acids is 1. The van der Waals surface area contributed by atoms with Crippen LogP contribution in [0.15, 0.2) is 48.8 Å². The predicted octanol–water partition coefficient (Wildman–Crippen LogP) is 3.30. The molecule has 160 valence electrons. The first kappa shape index (κ1) is 19.8. The Morgan fingerprint density at radius 3 is 2.87 bits per heavy atom. The Morgan fingerprint density at radius 2 is 2.00 bits per heavy atom. The number of nitrogens with zero attached hydrogens (tertiary/aromatic N) is 3. The minimum atomic E-state index is -0.116. The van der Waals surface area contributed by atoms with Crippen molar-refractivity contribution in [3.63, 3.8) is 0 Å². The lowest BCUT2D eigenvalue weighted by atomic mass is 10.1. The topological polar surface area (TPSA) is 69.7 Å². The Kier molecular flexibility index (Phi) is 5.48. The average molecular weight is 436 g/mol. The molecule has 0 unspecified atom stereocenters. The van der Waals surface area contributed by atoms with Gasteiger partial charge in [-0.05, 0) is 35.9 Å². The number of hydrogen-bond acceptors (Lipinski definition) is 7. The summed E-state index contributed by atoms with van der Waals surface area (Å²) in [6, 6.07) is 12.1. The Balaban J connectivity index is 1.35. The number of aromatic nitrogens is 1. The summed E-state index contributed by atoms with van der Waals surface area (Å²) in [5, 5.41) is 6.42. The maximum absolute atomic E-state index is 13.0. The van der Waals surface area contributed by atoms with Crippen molar-refractivity contribution in [2.24, 2.45) is 0 Å². The van der Waals surface area contributed by atoms with Gasteiger partial charge >= 0.3 is 0 Å². The van der Waals surface area contributed by atoms with E-state index >= 15 is 0 Å². The van der Waals surface area contributed by atoms with Crippen LogP contribution >= 0.6 is 11.3 Å². The van der Waals surface area contributed by atoms with Crippen LogP contribution in [0.4, 0.5) is 17.1 Å². The van der Waals surface area contributed by atoms with Crippen LogP contribution in [0, 0.1) is 0 Å². The summed E-state index contributed by atoms with van der Waals surface area (Å²) in [6.07, 6.45) is 3.49. The first-order valence-corrected chi connectivity index (χ1v) is 11.3. The zero-order chi connectivity index (χ0) is 21.2. The number of likely N-dealkylation sites (N-methyl/N-ethyl adjacent to an activating group) is 1. The molecule has 0 spiro atoms. The summed E-state index contributed by atoms with van der Waals surface area (Å²) >= 11 is 1.48. The lowest BCUT2D eigenvalue weighted by Gasteiger charge is -2.30. The Labute approximate surface area is 185 Å².